The van der Waals surface area contributed by atoms with Crippen LogP contribution in [0.15, 0.2) is 84.7 Å². The third kappa shape index (κ3) is 6.62. The molecule has 2 heterocycles. The minimum absolute atomic E-state index is 0.0125. The van der Waals surface area contributed by atoms with Crippen molar-refractivity contribution < 1.29 is 22.7 Å². The second-order valence-corrected chi connectivity index (χ2v) is 9.58. The number of fused-ring (bicyclic) bond motifs is 1. The van der Waals surface area contributed by atoms with Gasteiger partial charge < -0.3 is 20.7 Å². The summed E-state index contributed by atoms with van der Waals surface area (Å²) in [5.74, 6) is 0.637. The van der Waals surface area contributed by atoms with Gasteiger partial charge in [-0.05, 0) is 54.5 Å². The standard InChI is InChI=1S/C30H22ClF3N6O2/c31-24-15-21(9-10-26(24)42-22-8-4-7-20(14-22)30(32,33)34)39-28-23-13-19(11-12-36-27(23)37-17-38-28)29(41)40-25(16-35)18-5-2-1-3-6-18/h1-10,13-15,17,25H,11-12H2,(H,40,41)(H2,36,37,38,39). The third-order valence-electron chi connectivity index (χ3n) is 6.30. The van der Waals surface area contributed by atoms with Crippen LogP contribution in [0.1, 0.15) is 29.2 Å². The van der Waals surface area contributed by atoms with Gasteiger partial charge in [0.15, 0.2) is 0 Å². The molecule has 0 aliphatic carbocycles. The molecule has 1 atom stereocenters. The second kappa shape index (κ2) is 12.2. The maximum Gasteiger partial charge on any atom is 0.416 e. The first-order valence-electron chi connectivity index (χ1n) is 12.7. The van der Waals surface area contributed by atoms with Crippen LogP contribution >= 0.6 is 11.6 Å². The second-order valence-electron chi connectivity index (χ2n) is 9.18. The molecule has 1 aliphatic rings. The summed E-state index contributed by atoms with van der Waals surface area (Å²) in [6, 6.07) is 19.4. The molecule has 5 rings (SSSR count). The Labute approximate surface area is 243 Å². The van der Waals surface area contributed by atoms with Crippen molar-refractivity contribution in [1.82, 2.24) is 15.3 Å². The van der Waals surface area contributed by atoms with Crippen molar-refractivity contribution in [3.63, 3.8) is 0 Å². The van der Waals surface area contributed by atoms with Crippen molar-refractivity contribution in [2.45, 2.75) is 18.6 Å². The van der Waals surface area contributed by atoms with Crippen molar-refractivity contribution in [1.29, 1.82) is 5.26 Å². The molecule has 1 amide bonds. The summed E-state index contributed by atoms with van der Waals surface area (Å²) in [4.78, 5) is 21.8. The Bertz CT molecular complexity index is 1690. The predicted molar refractivity (Wildman–Crippen MR) is 152 cm³/mol. The van der Waals surface area contributed by atoms with Gasteiger partial charge in [-0.15, -0.1) is 0 Å². The highest BCUT2D eigenvalue weighted by atomic mass is 35.5. The molecule has 0 radical (unpaired) electrons. The Morgan fingerprint density at radius 2 is 1.88 bits per heavy atom. The van der Waals surface area contributed by atoms with Crippen LogP contribution in [0.25, 0.3) is 6.08 Å². The van der Waals surface area contributed by atoms with Gasteiger partial charge >= 0.3 is 6.18 Å². The molecule has 0 spiro atoms. The number of ether oxygens (including phenoxy) is 1. The van der Waals surface area contributed by atoms with Crippen LogP contribution in [0.3, 0.4) is 0 Å². The highest BCUT2D eigenvalue weighted by molar-refractivity contribution is 6.32. The molecule has 1 unspecified atom stereocenters. The number of benzene rings is 3. The molecule has 3 N–H and O–H groups in total. The number of nitriles is 1. The van der Waals surface area contributed by atoms with Crippen molar-refractivity contribution in [3.05, 3.63) is 106 Å². The van der Waals surface area contributed by atoms with E-state index in [9.17, 15) is 23.2 Å². The number of aromatic nitrogens is 2. The van der Waals surface area contributed by atoms with Crippen molar-refractivity contribution in [2.24, 2.45) is 0 Å². The highest BCUT2D eigenvalue weighted by Gasteiger charge is 2.30. The maximum atomic E-state index is 13.2. The molecule has 4 aromatic rings. The maximum absolute atomic E-state index is 13.2. The first-order chi connectivity index (χ1) is 20.2. The van der Waals surface area contributed by atoms with E-state index in [-0.39, 0.29) is 16.5 Å². The van der Waals surface area contributed by atoms with E-state index in [2.05, 4.69) is 32.0 Å². The number of carbonyl (C=O) groups is 1. The fourth-order valence-electron chi connectivity index (χ4n) is 4.23. The molecule has 12 heteroatoms. The Morgan fingerprint density at radius 3 is 2.62 bits per heavy atom. The lowest BCUT2D eigenvalue weighted by Crippen LogP contribution is -2.29. The third-order valence-corrected chi connectivity index (χ3v) is 6.60. The summed E-state index contributed by atoms with van der Waals surface area (Å²) in [7, 11) is 0. The van der Waals surface area contributed by atoms with Crippen LogP contribution in [0.2, 0.25) is 5.02 Å². The lowest BCUT2D eigenvalue weighted by Gasteiger charge is -2.14. The SMILES string of the molecule is N#CC(NC(=O)C1=Cc2c(ncnc2Nc2ccc(Oc3cccc(C(F)(F)F)c3)c(Cl)c2)NCC1)c1ccccc1. The Balaban J connectivity index is 1.36. The van der Waals surface area contributed by atoms with Gasteiger partial charge in [0.1, 0.15) is 35.5 Å². The Morgan fingerprint density at radius 1 is 1.07 bits per heavy atom. The minimum Gasteiger partial charge on any atom is -0.456 e. The van der Waals surface area contributed by atoms with E-state index in [1.54, 1.807) is 36.4 Å². The zero-order valence-corrected chi connectivity index (χ0v) is 22.5. The Hall–Kier alpha value is -5.08. The van der Waals surface area contributed by atoms with Gasteiger partial charge in [-0.2, -0.15) is 18.4 Å². The van der Waals surface area contributed by atoms with Gasteiger partial charge in [-0.1, -0.05) is 48.0 Å². The number of hydrogen-bond acceptors (Lipinski definition) is 7. The molecular weight excluding hydrogens is 569 g/mol. The van der Waals surface area contributed by atoms with Crippen molar-refractivity contribution in [2.75, 3.05) is 17.2 Å². The van der Waals surface area contributed by atoms with Crippen LogP contribution in [0, 0.1) is 11.3 Å². The van der Waals surface area contributed by atoms with Crippen LogP contribution < -0.4 is 20.7 Å². The number of nitrogens with zero attached hydrogens (tertiary/aromatic N) is 3. The first kappa shape index (κ1) is 28.4. The summed E-state index contributed by atoms with van der Waals surface area (Å²) >= 11 is 6.40. The topological polar surface area (TPSA) is 112 Å². The summed E-state index contributed by atoms with van der Waals surface area (Å²) < 4.78 is 44.8. The van der Waals surface area contributed by atoms with E-state index in [0.29, 0.717) is 47.0 Å². The zero-order chi connectivity index (χ0) is 29.7. The number of halogens is 4. The zero-order valence-electron chi connectivity index (χ0n) is 21.7. The predicted octanol–water partition coefficient (Wildman–Crippen LogP) is 7.26. The smallest absolute Gasteiger partial charge is 0.416 e. The number of hydrogen-bond donors (Lipinski definition) is 3. The number of rotatable bonds is 7. The normalized spacial score (nSPS) is 13.4. The molecule has 3 aromatic carbocycles. The van der Waals surface area contributed by atoms with Crippen LogP contribution in [-0.4, -0.2) is 22.4 Å². The molecule has 0 saturated heterocycles. The molecule has 8 nitrogen and oxygen atoms in total. The molecule has 0 fully saturated rings. The largest absolute Gasteiger partial charge is 0.456 e. The lowest BCUT2D eigenvalue weighted by molar-refractivity contribution is -0.137. The summed E-state index contributed by atoms with van der Waals surface area (Å²) in [5, 5.41) is 18.9. The van der Waals surface area contributed by atoms with E-state index in [1.165, 1.54) is 30.6 Å². The molecule has 212 valence electrons. The van der Waals surface area contributed by atoms with E-state index in [4.69, 9.17) is 16.3 Å². The minimum atomic E-state index is -4.50. The molecular formula is C30H22ClF3N6O2. The van der Waals surface area contributed by atoms with Gasteiger partial charge in [-0.25, -0.2) is 9.97 Å². The number of carbonyl (C=O) groups excluding carboxylic acids is 1. The van der Waals surface area contributed by atoms with Gasteiger partial charge in [0.25, 0.3) is 0 Å². The number of anilines is 3. The van der Waals surface area contributed by atoms with Crippen LogP contribution in [-0.2, 0) is 11.0 Å². The monoisotopic (exact) mass is 590 g/mol. The Kier molecular flexibility index (Phi) is 8.26. The molecule has 0 saturated carbocycles. The average Bonchev–Trinajstić information content (AvgIpc) is 3.21. The van der Waals surface area contributed by atoms with E-state index in [0.717, 1.165) is 12.1 Å². The highest BCUT2D eigenvalue weighted by Crippen LogP contribution is 2.36. The number of alkyl halides is 3. The van der Waals surface area contributed by atoms with Gasteiger partial charge in [0.2, 0.25) is 5.91 Å². The number of nitrogens with one attached hydrogen (secondary N) is 3. The van der Waals surface area contributed by atoms with Gasteiger partial charge in [0, 0.05) is 17.8 Å². The molecule has 42 heavy (non-hydrogen) atoms. The van der Waals surface area contributed by atoms with Crippen molar-refractivity contribution >= 4 is 40.9 Å². The fraction of sp³-hybridized carbons (Fsp3) is 0.133. The lowest BCUT2D eigenvalue weighted by atomic mass is 10.1. The average molecular weight is 591 g/mol. The van der Waals surface area contributed by atoms with Gasteiger partial charge in [-0.3, -0.25) is 4.79 Å². The van der Waals surface area contributed by atoms with Crippen LogP contribution in [0.4, 0.5) is 30.5 Å². The van der Waals surface area contributed by atoms with Crippen LogP contribution in [0.5, 0.6) is 11.5 Å². The van der Waals surface area contributed by atoms with Crippen molar-refractivity contribution in [3.8, 4) is 17.6 Å². The van der Waals surface area contributed by atoms with E-state index in [1.807, 2.05) is 6.07 Å². The summed E-state index contributed by atoms with van der Waals surface area (Å²) in [5.41, 5.74) is 1.29. The number of amides is 1. The molecule has 1 aromatic heterocycles. The fourth-order valence-corrected chi connectivity index (χ4v) is 4.45. The van der Waals surface area contributed by atoms with E-state index < -0.39 is 23.7 Å². The van der Waals surface area contributed by atoms with Gasteiger partial charge in [0.05, 0.1) is 22.2 Å². The summed E-state index contributed by atoms with van der Waals surface area (Å²) in [6.07, 6.45) is -1.10. The van der Waals surface area contributed by atoms with E-state index >= 15 is 0 Å². The summed E-state index contributed by atoms with van der Waals surface area (Å²) in [6.45, 7) is 0.429. The first-order valence-corrected chi connectivity index (χ1v) is 13.1. The molecule has 1 aliphatic heterocycles. The quantitative estimate of drug-likeness (QED) is 0.208. The molecule has 0 bridgehead atoms.